The van der Waals surface area contributed by atoms with Gasteiger partial charge in [0, 0.05) is 28.1 Å². The molecule has 0 spiro atoms. The summed E-state index contributed by atoms with van der Waals surface area (Å²) in [6, 6.07) is 13.5. The maximum Gasteiger partial charge on any atom is 0.319 e. The lowest BCUT2D eigenvalue weighted by atomic mass is 10.1. The predicted molar refractivity (Wildman–Crippen MR) is 109 cm³/mol. The van der Waals surface area contributed by atoms with Gasteiger partial charge in [0.2, 0.25) is 0 Å². The van der Waals surface area contributed by atoms with Crippen LogP contribution in [0.1, 0.15) is 43.0 Å². The molecule has 1 aliphatic carbocycles. The van der Waals surface area contributed by atoms with E-state index >= 15 is 0 Å². The Labute approximate surface area is 163 Å². The molecule has 0 unspecified atom stereocenters. The number of nitrogens with one attached hydrogen (secondary N) is 2. The molecule has 1 saturated carbocycles. The van der Waals surface area contributed by atoms with Crippen LogP contribution in [-0.2, 0) is 0 Å². The van der Waals surface area contributed by atoms with E-state index in [1.54, 1.807) is 16.7 Å². The highest BCUT2D eigenvalue weighted by molar-refractivity contribution is 7.99. The number of amides is 3. The van der Waals surface area contributed by atoms with Gasteiger partial charge in [-0.1, -0.05) is 36.7 Å². The minimum Gasteiger partial charge on any atom is -0.335 e. The number of nitrogens with zero attached hydrogens (tertiary/aromatic N) is 1. The Morgan fingerprint density at radius 3 is 2.70 bits per heavy atom. The molecule has 0 atom stereocenters. The number of benzene rings is 2. The molecule has 0 bridgehead atoms. The van der Waals surface area contributed by atoms with Crippen LogP contribution in [0.4, 0.5) is 16.2 Å². The number of carbonyl (C=O) groups is 2. The van der Waals surface area contributed by atoms with Crippen LogP contribution in [0.5, 0.6) is 0 Å². The van der Waals surface area contributed by atoms with Crippen LogP contribution in [0, 0.1) is 0 Å². The van der Waals surface area contributed by atoms with E-state index < -0.39 is 0 Å². The first-order chi connectivity index (χ1) is 13.2. The van der Waals surface area contributed by atoms with Gasteiger partial charge in [-0.25, -0.2) is 4.79 Å². The molecule has 0 aromatic heterocycles. The van der Waals surface area contributed by atoms with Crippen LogP contribution in [0.25, 0.3) is 0 Å². The van der Waals surface area contributed by atoms with Crippen molar-refractivity contribution < 1.29 is 9.59 Å². The average Bonchev–Trinajstić information content (AvgIpc) is 3.13. The standard InChI is InChI=1S/C21H23N3O2S/c1-2-24-17-13-15(23-21(26)22-14-7-3-4-8-14)11-12-19(17)27-18-10-6-5-9-16(18)20(24)25/h5-6,9-14H,2-4,7-8H2,1H3,(H2,22,23,26). The fraction of sp³-hybridized carbons (Fsp3) is 0.333. The molecule has 1 fully saturated rings. The van der Waals surface area contributed by atoms with Gasteiger partial charge >= 0.3 is 6.03 Å². The summed E-state index contributed by atoms with van der Waals surface area (Å²) in [5.41, 5.74) is 2.25. The average molecular weight is 382 g/mol. The monoisotopic (exact) mass is 381 g/mol. The first-order valence-electron chi connectivity index (χ1n) is 9.46. The van der Waals surface area contributed by atoms with Crippen LogP contribution >= 0.6 is 11.8 Å². The van der Waals surface area contributed by atoms with Crippen molar-refractivity contribution in [2.24, 2.45) is 0 Å². The van der Waals surface area contributed by atoms with E-state index in [2.05, 4.69) is 10.6 Å². The molecule has 2 aromatic carbocycles. The van der Waals surface area contributed by atoms with Gasteiger partial charge in [0.25, 0.3) is 5.91 Å². The van der Waals surface area contributed by atoms with Crippen molar-refractivity contribution in [3.05, 3.63) is 48.0 Å². The number of carbonyl (C=O) groups excluding carboxylic acids is 2. The van der Waals surface area contributed by atoms with Crippen LogP contribution in [0.2, 0.25) is 0 Å². The molecule has 27 heavy (non-hydrogen) atoms. The molecule has 0 saturated heterocycles. The zero-order valence-corrected chi connectivity index (χ0v) is 16.1. The second-order valence-corrected chi connectivity index (χ2v) is 7.99. The van der Waals surface area contributed by atoms with Crippen molar-refractivity contribution in [1.82, 2.24) is 5.32 Å². The van der Waals surface area contributed by atoms with E-state index in [1.165, 1.54) is 12.8 Å². The summed E-state index contributed by atoms with van der Waals surface area (Å²) in [4.78, 5) is 29.0. The van der Waals surface area contributed by atoms with Gasteiger partial charge in [-0.05, 0) is 50.1 Å². The highest BCUT2D eigenvalue weighted by Gasteiger charge is 2.26. The lowest BCUT2D eigenvalue weighted by molar-refractivity contribution is 0.0985. The van der Waals surface area contributed by atoms with Gasteiger partial charge in [0.05, 0.1) is 11.3 Å². The highest BCUT2D eigenvalue weighted by atomic mass is 32.2. The molecule has 2 aliphatic rings. The Hall–Kier alpha value is -2.47. The quantitative estimate of drug-likeness (QED) is 0.796. The molecule has 1 heterocycles. The molecule has 5 nitrogen and oxygen atoms in total. The summed E-state index contributed by atoms with van der Waals surface area (Å²) in [7, 11) is 0. The third-order valence-corrected chi connectivity index (χ3v) is 6.24. The zero-order chi connectivity index (χ0) is 18.8. The Morgan fingerprint density at radius 1 is 1.15 bits per heavy atom. The second-order valence-electron chi connectivity index (χ2n) is 6.91. The van der Waals surface area contributed by atoms with Gasteiger partial charge < -0.3 is 15.5 Å². The number of urea groups is 1. The van der Waals surface area contributed by atoms with E-state index in [1.807, 2.05) is 49.4 Å². The highest BCUT2D eigenvalue weighted by Crippen LogP contribution is 2.42. The predicted octanol–water partition coefficient (Wildman–Crippen LogP) is 4.88. The summed E-state index contributed by atoms with van der Waals surface area (Å²) in [5.74, 6) is -0.00749. The van der Waals surface area contributed by atoms with Crippen LogP contribution in [0.3, 0.4) is 0 Å². The fourth-order valence-electron chi connectivity index (χ4n) is 3.73. The first kappa shape index (κ1) is 17.9. The minimum absolute atomic E-state index is 0.00749. The molecule has 2 aromatic rings. The second kappa shape index (κ2) is 7.64. The van der Waals surface area contributed by atoms with E-state index in [4.69, 9.17) is 0 Å². The van der Waals surface area contributed by atoms with Crippen LogP contribution < -0.4 is 15.5 Å². The topological polar surface area (TPSA) is 61.4 Å². The van der Waals surface area contributed by atoms with Crippen molar-refractivity contribution in [2.45, 2.75) is 48.4 Å². The number of rotatable bonds is 3. The molecule has 2 N–H and O–H groups in total. The van der Waals surface area contributed by atoms with Crippen molar-refractivity contribution >= 4 is 35.1 Å². The van der Waals surface area contributed by atoms with Crippen molar-refractivity contribution in [1.29, 1.82) is 0 Å². The Balaban J connectivity index is 1.60. The van der Waals surface area contributed by atoms with Crippen molar-refractivity contribution in [3.8, 4) is 0 Å². The zero-order valence-electron chi connectivity index (χ0n) is 15.3. The van der Waals surface area contributed by atoms with Crippen molar-refractivity contribution in [2.75, 3.05) is 16.8 Å². The van der Waals surface area contributed by atoms with Gasteiger partial charge in [0.1, 0.15) is 0 Å². The van der Waals surface area contributed by atoms with Crippen molar-refractivity contribution in [3.63, 3.8) is 0 Å². The molecular weight excluding hydrogens is 358 g/mol. The molecule has 1 aliphatic heterocycles. The Morgan fingerprint density at radius 2 is 1.93 bits per heavy atom. The minimum atomic E-state index is -0.180. The Bertz CT molecular complexity index is 877. The summed E-state index contributed by atoms with van der Waals surface area (Å²) < 4.78 is 0. The maximum atomic E-state index is 13.0. The fourth-order valence-corrected chi connectivity index (χ4v) is 4.79. The van der Waals surface area contributed by atoms with E-state index in [0.717, 1.165) is 28.3 Å². The van der Waals surface area contributed by atoms with Gasteiger partial charge in [-0.15, -0.1) is 0 Å². The normalized spacial score (nSPS) is 16.5. The smallest absolute Gasteiger partial charge is 0.319 e. The maximum absolute atomic E-state index is 13.0. The lowest BCUT2D eigenvalue weighted by Crippen LogP contribution is -2.36. The number of hydrogen-bond acceptors (Lipinski definition) is 3. The molecule has 4 rings (SSSR count). The van der Waals surface area contributed by atoms with Gasteiger partial charge in [-0.3, -0.25) is 4.79 Å². The Kier molecular flexibility index (Phi) is 5.07. The molecule has 6 heteroatoms. The summed E-state index contributed by atoms with van der Waals surface area (Å²) >= 11 is 1.59. The molecular formula is C21H23N3O2S. The first-order valence-corrected chi connectivity index (χ1v) is 10.3. The number of anilines is 2. The lowest BCUT2D eigenvalue weighted by Gasteiger charge is -2.22. The third kappa shape index (κ3) is 3.67. The van der Waals surface area contributed by atoms with Crippen LogP contribution in [0.15, 0.2) is 52.3 Å². The molecule has 3 amide bonds. The van der Waals surface area contributed by atoms with Gasteiger partial charge in [0.15, 0.2) is 0 Å². The summed E-state index contributed by atoms with van der Waals surface area (Å²) in [5, 5.41) is 5.95. The molecule has 140 valence electrons. The number of hydrogen-bond donors (Lipinski definition) is 2. The van der Waals surface area contributed by atoms with Gasteiger partial charge in [-0.2, -0.15) is 0 Å². The van der Waals surface area contributed by atoms with E-state index in [9.17, 15) is 9.59 Å². The largest absolute Gasteiger partial charge is 0.335 e. The van der Waals surface area contributed by atoms with E-state index in [0.29, 0.717) is 17.8 Å². The summed E-state index contributed by atoms with van der Waals surface area (Å²) in [6.45, 7) is 2.53. The van der Waals surface area contributed by atoms with Crippen LogP contribution in [-0.4, -0.2) is 24.5 Å². The SMILES string of the molecule is CCN1C(=O)c2ccccc2Sc2ccc(NC(=O)NC3CCCC3)cc21. The third-order valence-electron chi connectivity index (χ3n) is 5.10. The number of fused-ring (bicyclic) bond motifs is 2. The molecule has 0 radical (unpaired) electrons. The van der Waals surface area contributed by atoms with E-state index in [-0.39, 0.29) is 18.0 Å². The summed E-state index contributed by atoms with van der Waals surface area (Å²) in [6.07, 6.45) is 4.44.